The molecule has 0 saturated carbocycles. The zero-order valence-corrected chi connectivity index (χ0v) is 16.1. The number of Topliss-reactive ketones (excluding diaryl/α,β-unsaturated/α-hetero) is 1. The number of carbonyl (C=O) groups is 1. The number of ketones is 1. The van der Waals surface area contributed by atoms with Crippen LogP contribution in [0.5, 0.6) is 0 Å². The SMILES string of the molecule is CC(=O)c1cccc(S(=O)(=O)N(Cc2cccnc2)c2ccc(Cl)cc2)c1. The number of anilines is 1. The number of nitrogens with zero attached hydrogens (tertiary/aromatic N) is 2. The van der Waals surface area contributed by atoms with Crippen LogP contribution in [0.2, 0.25) is 5.02 Å². The summed E-state index contributed by atoms with van der Waals surface area (Å²) in [5.74, 6) is -0.197. The molecule has 0 saturated heterocycles. The number of hydrogen-bond acceptors (Lipinski definition) is 4. The van der Waals surface area contributed by atoms with Crippen LogP contribution in [0.1, 0.15) is 22.8 Å². The minimum Gasteiger partial charge on any atom is -0.295 e. The molecule has 0 unspecified atom stereocenters. The fraction of sp³-hybridized carbons (Fsp3) is 0.100. The monoisotopic (exact) mass is 400 g/mol. The van der Waals surface area contributed by atoms with Gasteiger partial charge >= 0.3 is 0 Å². The smallest absolute Gasteiger partial charge is 0.264 e. The van der Waals surface area contributed by atoms with Crippen LogP contribution >= 0.6 is 11.6 Å². The maximum Gasteiger partial charge on any atom is 0.264 e. The van der Waals surface area contributed by atoms with E-state index >= 15 is 0 Å². The van der Waals surface area contributed by atoms with Crippen molar-refractivity contribution in [2.24, 2.45) is 0 Å². The molecule has 0 fully saturated rings. The van der Waals surface area contributed by atoms with Gasteiger partial charge in [0.1, 0.15) is 0 Å². The number of pyridine rings is 1. The van der Waals surface area contributed by atoms with Crippen LogP contribution in [0.25, 0.3) is 0 Å². The summed E-state index contributed by atoms with van der Waals surface area (Å²) in [4.78, 5) is 15.8. The quantitative estimate of drug-likeness (QED) is 0.577. The second-order valence-electron chi connectivity index (χ2n) is 5.93. The normalized spacial score (nSPS) is 11.2. The molecule has 0 radical (unpaired) electrons. The highest BCUT2D eigenvalue weighted by Gasteiger charge is 2.26. The van der Waals surface area contributed by atoms with Crippen molar-refractivity contribution in [1.82, 2.24) is 4.98 Å². The van der Waals surface area contributed by atoms with Gasteiger partial charge in [-0.25, -0.2) is 8.42 Å². The van der Waals surface area contributed by atoms with Crippen molar-refractivity contribution in [3.63, 3.8) is 0 Å². The number of carbonyl (C=O) groups excluding carboxylic acids is 1. The van der Waals surface area contributed by atoms with Gasteiger partial charge in [-0.15, -0.1) is 0 Å². The highest BCUT2D eigenvalue weighted by molar-refractivity contribution is 7.92. The molecule has 3 aromatic rings. The highest BCUT2D eigenvalue weighted by Crippen LogP contribution is 2.27. The lowest BCUT2D eigenvalue weighted by atomic mass is 10.2. The second-order valence-corrected chi connectivity index (χ2v) is 8.23. The molecule has 0 aliphatic heterocycles. The van der Waals surface area contributed by atoms with Gasteiger partial charge in [-0.1, -0.05) is 29.8 Å². The van der Waals surface area contributed by atoms with Gasteiger partial charge in [0.2, 0.25) is 0 Å². The van der Waals surface area contributed by atoms with Crippen LogP contribution in [0.4, 0.5) is 5.69 Å². The van der Waals surface area contributed by atoms with Gasteiger partial charge < -0.3 is 0 Å². The standard InChI is InChI=1S/C20H17ClN2O3S/c1-15(24)17-5-2-6-20(12-17)27(25,26)23(14-16-4-3-11-22-13-16)19-9-7-18(21)8-10-19/h2-13H,14H2,1H3. The van der Waals surface area contributed by atoms with Crippen molar-refractivity contribution in [2.75, 3.05) is 4.31 Å². The summed E-state index contributed by atoms with van der Waals surface area (Å²) in [6, 6.07) is 16.1. The molecule has 7 heteroatoms. The van der Waals surface area contributed by atoms with E-state index in [9.17, 15) is 13.2 Å². The van der Waals surface area contributed by atoms with Gasteiger partial charge in [0.05, 0.1) is 17.1 Å². The van der Waals surface area contributed by atoms with E-state index < -0.39 is 10.0 Å². The van der Waals surface area contributed by atoms with Gasteiger partial charge in [0.15, 0.2) is 5.78 Å². The first-order valence-electron chi connectivity index (χ1n) is 8.16. The number of benzene rings is 2. The Labute approximate surface area is 163 Å². The van der Waals surface area contributed by atoms with Crippen molar-refractivity contribution >= 4 is 33.1 Å². The van der Waals surface area contributed by atoms with E-state index in [4.69, 9.17) is 11.6 Å². The fourth-order valence-corrected chi connectivity index (χ4v) is 4.21. The molecule has 0 spiro atoms. The number of halogens is 1. The summed E-state index contributed by atoms with van der Waals surface area (Å²) in [6.45, 7) is 1.50. The maximum atomic E-state index is 13.4. The molecule has 0 amide bonds. The molecule has 138 valence electrons. The van der Waals surface area contributed by atoms with Gasteiger partial charge in [-0.2, -0.15) is 0 Å². The first-order chi connectivity index (χ1) is 12.9. The first-order valence-corrected chi connectivity index (χ1v) is 9.98. The van der Waals surface area contributed by atoms with Gasteiger partial charge in [-0.3, -0.25) is 14.1 Å². The molecule has 3 rings (SSSR count). The van der Waals surface area contributed by atoms with E-state index in [0.29, 0.717) is 16.3 Å². The average Bonchev–Trinajstić information content (AvgIpc) is 2.68. The number of rotatable bonds is 6. The lowest BCUT2D eigenvalue weighted by molar-refractivity contribution is 0.101. The van der Waals surface area contributed by atoms with Crippen molar-refractivity contribution in [3.05, 3.63) is 89.2 Å². The van der Waals surface area contributed by atoms with Crippen molar-refractivity contribution in [1.29, 1.82) is 0 Å². The minimum atomic E-state index is -3.91. The molecular formula is C20H17ClN2O3S. The average molecular weight is 401 g/mol. The Balaban J connectivity index is 2.09. The number of sulfonamides is 1. The van der Waals surface area contributed by atoms with Crippen molar-refractivity contribution in [2.45, 2.75) is 18.4 Å². The number of aromatic nitrogens is 1. The zero-order valence-electron chi connectivity index (χ0n) is 14.5. The van der Waals surface area contributed by atoms with Crippen molar-refractivity contribution < 1.29 is 13.2 Å². The van der Waals surface area contributed by atoms with Crippen LogP contribution in [0, 0.1) is 0 Å². The topological polar surface area (TPSA) is 67.3 Å². The van der Waals surface area contributed by atoms with Crippen molar-refractivity contribution in [3.8, 4) is 0 Å². The van der Waals surface area contributed by atoms with E-state index in [0.717, 1.165) is 5.56 Å². The Hall–Kier alpha value is -2.70. The summed E-state index contributed by atoms with van der Waals surface area (Å²) >= 11 is 5.95. The Morgan fingerprint density at radius 3 is 2.44 bits per heavy atom. The van der Waals surface area contributed by atoms with Crippen LogP contribution < -0.4 is 4.31 Å². The predicted octanol–water partition coefficient (Wildman–Crippen LogP) is 4.33. The maximum absolute atomic E-state index is 13.4. The minimum absolute atomic E-state index is 0.0500. The molecule has 0 N–H and O–H groups in total. The largest absolute Gasteiger partial charge is 0.295 e. The van der Waals surface area contributed by atoms with Crippen LogP contribution in [0.3, 0.4) is 0 Å². The van der Waals surface area contributed by atoms with Gasteiger partial charge in [0.25, 0.3) is 10.0 Å². The number of hydrogen-bond donors (Lipinski definition) is 0. The molecule has 0 aliphatic carbocycles. The third kappa shape index (κ3) is 4.35. The van der Waals surface area contributed by atoms with Gasteiger partial charge in [0, 0.05) is 23.0 Å². The molecule has 0 atom stereocenters. The van der Waals surface area contributed by atoms with Gasteiger partial charge in [-0.05, 0) is 55.0 Å². The second kappa shape index (κ2) is 7.90. The molecule has 1 heterocycles. The fourth-order valence-electron chi connectivity index (χ4n) is 2.58. The predicted molar refractivity (Wildman–Crippen MR) is 106 cm³/mol. The summed E-state index contributed by atoms with van der Waals surface area (Å²) < 4.78 is 28.0. The summed E-state index contributed by atoms with van der Waals surface area (Å²) in [6.07, 6.45) is 3.24. The van der Waals surface area contributed by atoms with Crippen LogP contribution in [-0.4, -0.2) is 19.2 Å². The summed E-state index contributed by atoms with van der Waals surface area (Å²) in [5, 5.41) is 0.510. The Kier molecular flexibility index (Phi) is 5.58. The van der Waals surface area contributed by atoms with E-state index in [1.165, 1.54) is 23.4 Å². The highest BCUT2D eigenvalue weighted by atomic mass is 35.5. The van der Waals surface area contributed by atoms with E-state index in [1.807, 2.05) is 0 Å². The third-order valence-electron chi connectivity index (χ3n) is 3.99. The van der Waals surface area contributed by atoms with E-state index in [1.54, 1.807) is 60.9 Å². The Morgan fingerprint density at radius 2 is 1.81 bits per heavy atom. The van der Waals surface area contributed by atoms with E-state index in [2.05, 4.69) is 4.98 Å². The zero-order chi connectivity index (χ0) is 19.4. The Bertz CT molecular complexity index is 1050. The van der Waals surface area contributed by atoms with Crippen LogP contribution in [0.15, 0.2) is 78.0 Å². The molecule has 0 bridgehead atoms. The summed E-state index contributed by atoms with van der Waals surface area (Å²) in [7, 11) is -3.91. The lowest BCUT2D eigenvalue weighted by Gasteiger charge is -2.25. The molecule has 5 nitrogen and oxygen atoms in total. The van der Waals surface area contributed by atoms with Crippen LogP contribution in [-0.2, 0) is 16.6 Å². The molecule has 2 aromatic carbocycles. The lowest BCUT2D eigenvalue weighted by Crippen LogP contribution is -2.30. The molecule has 0 aliphatic rings. The molecule has 1 aromatic heterocycles. The summed E-state index contributed by atoms with van der Waals surface area (Å²) in [5.41, 5.74) is 1.55. The molecular weight excluding hydrogens is 384 g/mol. The third-order valence-corrected chi connectivity index (χ3v) is 6.01. The van der Waals surface area contributed by atoms with E-state index in [-0.39, 0.29) is 17.2 Å². The molecule has 27 heavy (non-hydrogen) atoms. The Morgan fingerprint density at radius 1 is 1.07 bits per heavy atom. The first kappa shape index (κ1) is 19.1.